The molecule has 0 amide bonds. The van der Waals surface area contributed by atoms with E-state index in [0.717, 1.165) is 12.8 Å². The number of carbonyl (C=O) groups excluding carboxylic acids is 1. The van der Waals surface area contributed by atoms with E-state index in [4.69, 9.17) is 4.74 Å². The lowest BCUT2D eigenvalue weighted by atomic mass is 9.83. The van der Waals surface area contributed by atoms with Crippen LogP contribution in [0.5, 0.6) is 0 Å². The van der Waals surface area contributed by atoms with Gasteiger partial charge in [0.25, 0.3) is 0 Å². The van der Waals surface area contributed by atoms with E-state index in [1.54, 1.807) is 0 Å². The number of rotatable bonds is 9. The minimum Gasteiger partial charge on any atom is -0.465 e. The van der Waals surface area contributed by atoms with E-state index in [1.807, 2.05) is 0 Å². The van der Waals surface area contributed by atoms with Crippen molar-refractivity contribution in [2.24, 2.45) is 22.7 Å². The molecule has 0 aromatic rings. The van der Waals surface area contributed by atoms with Crippen LogP contribution in [0.1, 0.15) is 79.1 Å². The number of ether oxygens (including phenoxy) is 1. The minimum absolute atomic E-state index is 0.102. The topological polar surface area (TPSA) is 26.3 Å². The van der Waals surface area contributed by atoms with E-state index in [1.165, 1.54) is 38.5 Å². The third-order valence-corrected chi connectivity index (χ3v) is 6.08. The maximum absolute atomic E-state index is 12.5. The predicted molar refractivity (Wildman–Crippen MR) is 82.4 cm³/mol. The van der Waals surface area contributed by atoms with E-state index in [9.17, 15) is 4.79 Å². The normalized spacial score (nSPS) is 38.6. The molecular weight excluding hydrogens is 248 g/mol. The molecule has 4 atom stereocenters. The van der Waals surface area contributed by atoms with Gasteiger partial charge in [0.15, 0.2) is 0 Å². The van der Waals surface area contributed by atoms with Crippen LogP contribution < -0.4 is 0 Å². The average molecular weight is 280 g/mol. The maximum atomic E-state index is 12.5. The van der Waals surface area contributed by atoms with Crippen molar-refractivity contribution in [3.8, 4) is 0 Å². The molecular formula is C18H32O2. The fraction of sp³-hybridized carbons (Fsp3) is 0.944. The number of carbonyl (C=O) groups is 1. The molecule has 0 radical (unpaired) electrons. The first-order valence-corrected chi connectivity index (χ1v) is 8.66. The molecule has 2 rings (SSSR count). The van der Waals surface area contributed by atoms with Gasteiger partial charge in [-0.25, -0.2) is 0 Å². The second-order valence-corrected chi connectivity index (χ2v) is 7.50. The second-order valence-electron chi connectivity index (χ2n) is 7.50. The number of hydrogen-bond acceptors (Lipinski definition) is 2. The fourth-order valence-corrected chi connectivity index (χ4v) is 4.11. The summed E-state index contributed by atoms with van der Waals surface area (Å²) in [6.07, 6.45) is 9.69. The molecule has 0 saturated heterocycles. The molecule has 2 aliphatic carbocycles. The summed E-state index contributed by atoms with van der Waals surface area (Å²) < 4.78 is 5.62. The van der Waals surface area contributed by atoms with Gasteiger partial charge in [0.1, 0.15) is 0 Å². The summed E-state index contributed by atoms with van der Waals surface area (Å²) in [7, 11) is 0. The Labute approximate surface area is 124 Å². The van der Waals surface area contributed by atoms with Gasteiger partial charge in [-0.15, -0.1) is 0 Å². The zero-order valence-electron chi connectivity index (χ0n) is 13.8. The van der Waals surface area contributed by atoms with Gasteiger partial charge in [-0.2, -0.15) is 0 Å². The lowest BCUT2D eigenvalue weighted by molar-refractivity contribution is -0.154. The van der Waals surface area contributed by atoms with Gasteiger partial charge in [0.05, 0.1) is 12.0 Å². The van der Waals surface area contributed by atoms with Crippen LogP contribution in [0.4, 0.5) is 0 Å². The van der Waals surface area contributed by atoms with Crippen molar-refractivity contribution in [2.45, 2.75) is 79.1 Å². The summed E-state index contributed by atoms with van der Waals surface area (Å²) in [5, 5.41) is 0. The standard InChI is InChI=1S/C18H32O2/c1-5-6-7-8-9-10-11-20-16(19)18(13-15(18)3)17(4)12-14(17)2/h14-15H,5-13H2,1-4H3. The Morgan fingerprint density at radius 1 is 1.05 bits per heavy atom. The highest BCUT2D eigenvalue weighted by molar-refractivity contribution is 5.82. The van der Waals surface area contributed by atoms with Crippen LogP contribution in [0.2, 0.25) is 0 Å². The quantitative estimate of drug-likeness (QED) is 0.440. The Morgan fingerprint density at radius 2 is 1.60 bits per heavy atom. The average Bonchev–Trinajstić information content (AvgIpc) is 3.26. The molecule has 0 aliphatic heterocycles. The highest BCUT2D eigenvalue weighted by Crippen LogP contribution is 2.75. The molecule has 0 heterocycles. The van der Waals surface area contributed by atoms with Crippen molar-refractivity contribution >= 4 is 5.97 Å². The molecule has 4 unspecified atom stereocenters. The van der Waals surface area contributed by atoms with Gasteiger partial charge in [-0.3, -0.25) is 4.79 Å². The molecule has 2 heteroatoms. The van der Waals surface area contributed by atoms with Gasteiger partial charge < -0.3 is 4.74 Å². The van der Waals surface area contributed by atoms with Crippen LogP contribution in [0.15, 0.2) is 0 Å². The molecule has 2 nitrogen and oxygen atoms in total. The van der Waals surface area contributed by atoms with E-state index >= 15 is 0 Å². The summed E-state index contributed by atoms with van der Waals surface area (Å²) in [5.41, 5.74) is 0.0965. The van der Waals surface area contributed by atoms with Gasteiger partial charge in [-0.05, 0) is 36.5 Å². The van der Waals surface area contributed by atoms with Crippen molar-refractivity contribution in [3.05, 3.63) is 0 Å². The predicted octanol–water partition coefficient (Wildman–Crippen LogP) is 4.96. The molecule has 0 aromatic heterocycles. The summed E-state index contributed by atoms with van der Waals surface area (Å²) in [5.74, 6) is 1.31. The molecule has 20 heavy (non-hydrogen) atoms. The monoisotopic (exact) mass is 280 g/mol. The van der Waals surface area contributed by atoms with E-state index in [-0.39, 0.29) is 16.8 Å². The zero-order valence-corrected chi connectivity index (χ0v) is 13.8. The van der Waals surface area contributed by atoms with Gasteiger partial charge in [-0.1, -0.05) is 59.8 Å². The third-order valence-electron chi connectivity index (χ3n) is 6.08. The summed E-state index contributed by atoms with van der Waals surface area (Å²) in [6, 6.07) is 0. The SMILES string of the molecule is CCCCCCCCOC(=O)C1(C2(C)CC2C)CC1C. The third kappa shape index (κ3) is 2.76. The van der Waals surface area contributed by atoms with Crippen LogP contribution in [0.3, 0.4) is 0 Å². The van der Waals surface area contributed by atoms with E-state index in [2.05, 4.69) is 27.7 Å². The summed E-state index contributed by atoms with van der Waals surface area (Å²) in [4.78, 5) is 12.5. The molecule has 0 spiro atoms. The number of hydrogen-bond donors (Lipinski definition) is 0. The van der Waals surface area contributed by atoms with Crippen LogP contribution in [-0.2, 0) is 9.53 Å². The second kappa shape index (κ2) is 6.07. The lowest BCUT2D eigenvalue weighted by Gasteiger charge is -2.23. The minimum atomic E-state index is -0.130. The molecule has 116 valence electrons. The molecule has 2 fully saturated rings. The van der Waals surface area contributed by atoms with E-state index < -0.39 is 0 Å². The molecule has 2 aliphatic rings. The van der Waals surface area contributed by atoms with Crippen molar-refractivity contribution in [3.63, 3.8) is 0 Å². The van der Waals surface area contributed by atoms with Crippen molar-refractivity contribution in [1.82, 2.24) is 0 Å². The largest absolute Gasteiger partial charge is 0.465 e. The van der Waals surface area contributed by atoms with Crippen LogP contribution in [0.25, 0.3) is 0 Å². The highest BCUT2D eigenvalue weighted by Gasteiger charge is 2.75. The first-order valence-electron chi connectivity index (χ1n) is 8.66. The van der Waals surface area contributed by atoms with Crippen molar-refractivity contribution in [2.75, 3.05) is 6.61 Å². The number of esters is 1. The van der Waals surface area contributed by atoms with Crippen LogP contribution >= 0.6 is 0 Å². The first kappa shape index (κ1) is 15.9. The molecule has 2 saturated carbocycles. The van der Waals surface area contributed by atoms with Gasteiger partial charge in [0.2, 0.25) is 0 Å². The Kier molecular flexibility index (Phi) is 4.81. The molecule has 0 aromatic carbocycles. The Balaban J connectivity index is 1.68. The van der Waals surface area contributed by atoms with E-state index in [0.29, 0.717) is 18.4 Å². The van der Waals surface area contributed by atoms with Gasteiger partial charge in [0, 0.05) is 0 Å². The molecule has 0 bridgehead atoms. The Bertz CT molecular complexity index is 351. The maximum Gasteiger partial charge on any atom is 0.312 e. The van der Waals surface area contributed by atoms with Crippen LogP contribution in [0, 0.1) is 22.7 Å². The molecule has 0 N–H and O–H groups in total. The Hall–Kier alpha value is -0.530. The van der Waals surface area contributed by atoms with Crippen LogP contribution in [-0.4, -0.2) is 12.6 Å². The zero-order chi connectivity index (χ0) is 14.8. The highest BCUT2D eigenvalue weighted by atomic mass is 16.5. The lowest BCUT2D eigenvalue weighted by Crippen LogP contribution is -2.30. The van der Waals surface area contributed by atoms with Crippen molar-refractivity contribution in [1.29, 1.82) is 0 Å². The summed E-state index contributed by atoms with van der Waals surface area (Å²) in [6.45, 7) is 9.63. The Morgan fingerprint density at radius 3 is 2.10 bits per heavy atom. The number of unbranched alkanes of at least 4 members (excludes halogenated alkanes) is 5. The van der Waals surface area contributed by atoms with Gasteiger partial charge >= 0.3 is 5.97 Å². The first-order chi connectivity index (χ1) is 9.49. The smallest absolute Gasteiger partial charge is 0.312 e. The van der Waals surface area contributed by atoms with Crippen molar-refractivity contribution < 1.29 is 9.53 Å². The summed E-state index contributed by atoms with van der Waals surface area (Å²) >= 11 is 0. The fourth-order valence-electron chi connectivity index (χ4n) is 4.11.